The molecule has 1 fully saturated rings. The van der Waals surface area contributed by atoms with Crippen molar-refractivity contribution >= 4 is 0 Å². The Morgan fingerprint density at radius 1 is 1.29 bits per heavy atom. The van der Waals surface area contributed by atoms with Gasteiger partial charge in [-0.1, -0.05) is 26.7 Å². The van der Waals surface area contributed by atoms with Crippen LogP contribution in [0, 0.1) is 11.8 Å². The van der Waals surface area contributed by atoms with E-state index in [9.17, 15) is 5.11 Å². The van der Waals surface area contributed by atoms with E-state index in [1.807, 2.05) is 0 Å². The van der Waals surface area contributed by atoms with Crippen LogP contribution in [-0.2, 0) is 4.74 Å². The summed E-state index contributed by atoms with van der Waals surface area (Å²) in [6, 6.07) is 0. The largest absolute Gasteiger partial charge is 0.390 e. The van der Waals surface area contributed by atoms with E-state index in [0.29, 0.717) is 5.92 Å². The minimum absolute atomic E-state index is 0.0992. The topological polar surface area (TPSA) is 29.5 Å². The van der Waals surface area contributed by atoms with Crippen molar-refractivity contribution in [3.05, 3.63) is 0 Å². The maximum Gasteiger partial charge on any atom is 0.0858 e. The maximum atomic E-state index is 9.91. The van der Waals surface area contributed by atoms with Crippen LogP contribution in [0.3, 0.4) is 0 Å². The van der Waals surface area contributed by atoms with Gasteiger partial charge in [0.1, 0.15) is 0 Å². The molecule has 1 saturated carbocycles. The highest BCUT2D eigenvalue weighted by Crippen LogP contribution is 2.36. The SMILES string of the molecule is COC(C(O)CCCC(C)C)C1CC1. The Balaban J connectivity index is 2.15. The van der Waals surface area contributed by atoms with Crippen molar-refractivity contribution in [1.82, 2.24) is 0 Å². The van der Waals surface area contributed by atoms with Gasteiger partial charge in [-0.05, 0) is 31.1 Å². The lowest BCUT2D eigenvalue weighted by Gasteiger charge is -2.21. The zero-order valence-electron chi connectivity index (χ0n) is 9.70. The number of ether oxygens (including phenoxy) is 1. The predicted molar refractivity (Wildman–Crippen MR) is 58.2 cm³/mol. The third-order valence-corrected chi connectivity index (χ3v) is 3.02. The van der Waals surface area contributed by atoms with Gasteiger partial charge in [0.25, 0.3) is 0 Å². The lowest BCUT2D eigenvalue weighted by atomic mass is 10.00. The summed E-state index contributed by atoms with van der Waals surface area (Å²) in [7, 11) is 1.72. The van der Waals surface area contributed by atoms with Crippen molar-refractivity contribution in [2.24, 2.45) is 11.8 Å². The van der Waals surface area contributed by atoms with Gasteiger partial charge in [0.15, 0.2) is 0 Å². The number of aliphatic hydroxyl groups is 1. The first-order valence-electron chi connectivity index (χ1n) is 5.86. The Hall–Kier alpha value is -0.0800. The van der Waals surface area contributed by atoms with Crippen molar-refractivity contribution < 1.29 is 9.84 Å². The van der Waals surface area contributed by atoms with E-state index in [0.717, 1.165) is 18.8 Å². The summed E-state index contributed by atoms with van der Waals surface area (Å²) in [6.45, 7) is 4.45. The van der Waals surface area contributed by atoms with Crippen LogP contribution in [0.15, 0.2) is 0 Å². The molecular weight excluding hydrogens is 176 g/mol. The standard InChI is InChI=1S/C12H24O2/c1-9(2)5-4-6-11(13)12(14-3)10-7-8-10/h9-13H,4-8H2,1-3H3. The zero-order valence-corrected chi connectivity index (χ0v) is 9.70. The summed E-state index contributed by atoms with van der Waals surface area (Å²) in [5, 5.41) is 9.91. The molecule has 0 aromatic rings. The molecule has 0 aromatic carbocycles. The fraction of sp³-hybridized carbons (Fsp3) is 1.00. The average molecular weight is 200 g/mol. The van der Waals surface area contributed by atoms with E-state index in [1.54, 1.807) is 7.11 Å². The summed E-state index contributed by atoms with van der Waals surface area (Å²) in [5.74, 6) is 1.37. The third kappa shape index (κ3) is 3.97. The van der Waals surface area contributed by atoms with Crippen molar-refractivity contribution in [3.63, 3.8) is 0 Å². The quantitative estimate of drug-likeness (QED) is 0.684. The van der Waals surface area contributed by atoms with Crippen LogP contribution in [0.25, 0.3) is 0 Å². The number of hydrogen-bond acceptors (Lipinski definition) is 2. The van der Waals surface area contributed by atoms with E-state index in [1.165, 1.54) is 19.3 Å². The van der Waals surface area contributed by atoms with Gasteiger partial charge >= 0.3 is 0 Å². The summed E-state index contributed by atoms with van der Waals surface area (Å²) in [6.07, 6.45) is 5.55. The Bertz CT molecular complexity index is 152. The molecule has 0 amide bonds. The highest BCUT2D eigenvalue weighted by molar-refractivity contribution is 4.86. The van der Waals surface area contributed by atoms with Gasteiger partial charge in [0, 0.05) is 7.11 Å². The molecule has 1 aliphatic rings. The van der Waals surface area contributed by atoms with Crippen molar-refractivity contribution in [2.45, 2.75) is 58.2 Å². The van der Waals surface area contributed by atoms with Gasteiger partial charge in [0.05, 0.1) is 12.2 Å². The molecule has 84 valence electrons. The van der Waals surface area contributed by atoms with Gasteiger partial charge in [-0.2, -0.15) is 0 Å². The Labute approximate surface area is 87.7 Å². The van der Waals surface area contributed by atoms with E-state index < -0.39 is 0 Å². The second-order valence-corrected chi connectivity index (χ2v) is 4.93. The molecule has 0 radical (unpaired) electrons. The highest BCUT2D eigenvalue weighted by Gasteiger charge is 2.35. The number of rotatable bonds is 7. The molecule has 0 spiro atoms. The molecule has 0 aliphatic heterocycles. The van der Waals surface area contributed by atoms with Crippen LogP contribution in [0.5, 0.6) is 0 Å². The first-order chi connectivity index (χ1) is 6.65. The van der Waals surface area contributed by atoms with Crippen LogP contribution in [-0.4, -0.2) is 24.4 Å². The monoisotopic (exact) mass is 200 g/mol. The molecule has 14 heavy (non-hydrogen) atoms. The molecule has 0 aromatic heterocycles. The van der Waals surface area contributed by atoms with E-state index in [4.69, 9.17) is 4.74 Å². The number of methoxy groups -OCH3 is 1. The molecular formula is C12H24O2. The minimum atomic E-state index is -0.244. The summed E-state index contributed by atoms with van der Waals surface area (Å²) < 4.78 is 5.34. The number of hydrogen-bond donors (Lipinski definition) is 1. The van der Waals surface area contributed by atoms with Gasteiger partial charge in [-0.25, -0.2) is 0 Å². The van der Waals surface area contributed by atoms with Gasteiger partial charge in [0.2, 0.25) is 0 Å². The molecule has 2 atom stereocenters. The van der Waals surface area contributed by atoms with Crippen molar-refractivity contribution in [3.8, 4) is 0 Å². The smallest absolute Gasteiger partial charge is 0.0858 e. The maximum absolute atomic E-state index is 9.91. The fourth-order valence-corrected chi connectivity index (χ4v) is 1.99. The third-order valence-electron chi connectivity index (χ3n) is 3.02. The number of aliphatic hydroxyl groups excluding tert-OH is 1. The fourth-order valence-electron chi connectivity index (χ4n) is 1.99. The lowest BCUT2D eigenvalue weighted by molar-refractivity contribution is -0.0291. The predicted octanol–water partition coefficient (Wildman–Crippen LogP) is 2.60. The molecule has 2 heteroatoms. The van der Waals surface area contributed by atoms with Crippen LogP contribution < -0.4 is 0 Å². The second-order valence-electron chi connectivity index (χ2n) is 4.93. The molecule has 1 aliphatic carbocycles. The average Bonchev–Trinajstić information content (AvgIpc) is 2.89. The van der Waals surface area contributed by atoms with E-state index in [2.05, 4.69) is 13.8 Å². The molecule has 1 N–H and O–H groups in total. The second kappa shape index (κ2) is 5.72. The van der Waals surface area contributed by atoms with Crippen LogP contribution >= 0.6 is 0 Å². The van der Waals surface area contributed by atoms with E-state index in [-0.39, 0.29) is 12.2 Å². The van der Waals surface area contributed by atoms with Gasteiger partial charge in [-0.15, -0.1) is 0 Å². The Morgan fingerprint density at radius 2 is 1.93 bits per heavy atom. The van der Waals surface area contributed by atoms with Crippen molar-refractivity contribution in [2.75, 3.05) is 7.11 Å². The van der Waals surface area contributed by atoms with Crippen LogP contribution in [0.1, 0.15) is 46.0 Å². The molecule has 0 saturated heterocycles. The molecule has 0 bridgehead atoms. The highest BCUT2D eigenvalue weighted by atomic mass is 16.5. The molecule has 2 nitrogen and oxygen atoms in total. The van der Waals surface area contributed by atoms with Crippen LogP contribution in [0.4, 0.5) is 0 Å². The molecule has 1 rings (SSSR count). The molecule has 2 unspecified atom stereocenters. The summed E-state index contributed by atoms with van der Waals surface area (Å²) in [5.41, 5.74) is 0. The summed E-state index contributed by atoms with van der Waals surface area (Å²) in [4.78, 5) is 0. The zero-order chi connectivity index (χ0) is 10.6. The summed E-state index contributed by atoms with van der Waals surface area (Å²) >= 11 is 0. The minimum Gasteiger partial charge on any atom is -0.390 e. The first-order valence-corrected chi connectivity index (χ1v) is 5.86. The first kappa shape index (κ1) is 12.0. The van der Waals surface area contributed by atoms with Crippen LogP contribution in [0.2, 0.25) is 0 Å². The van der Waals surface area contributed by atoms with Crippen molar-refractivity contribution in [1.29, 1.82) is 0 Å². The van der Waals surface area contributed by atoms with Gasteiger partial charge < -0.3 is 9.84 Å². The van der Waals surface area contributed by atoms with Gasteiger partial charge in [-0.3, -0.25) is 0 Å². The normalized spacial score (nSPS) is 21.2. The molecule has 0 heterocycles. The Morgan fingerprint density at radius 3 is 2.36 bits per heavy atom. The Kier molecular flexibility index (Phi) is 4.90. The lowest BCUT2D eigenvalue weighted by Crippen LogP contribution is -2.29. The van der Waals surface area contributed by atoms with E-state index >= 15 is 0 Å².